The molecule has 5 atom stereocenters. The van der Waals surface area contributed by atoms with Crippen LogP contribution in [0.15, 0.2) is 4.99 Å². The summed E-state index contributed by atoms with van der Waals surface area (Å²) in [4.78, 5) is 66.4. The summed E-state index contributed by atoms with van der Waals surface area (Å²) in [5.74, 6) is -4.67. The van der Waals surface area contributed by atoms with Crippen LogP contribution in [0.5, 0.6) is 0 Å². The molecular weight excluding hydrogens is 496 g/mol. The predicted molar refractivity (Wildman–Crippen MR) is 143 cm³/mol. The van der Waals surface area contributed by atoms with E-state index >= 15 is 0 Å². The average Bonchev–Trinajstić information content (AvgIpc) is 2.80. The number of carboxylic acids is 1. The van der Waals surface area contributed by atoms with Crippen molar-refractivity contribution >= 4 is 35.6 Å². The van der Waals surface area contributed by atoms with Crippen molar-refractivity contribution in [2.45, 2.75) is 91.5 Å². The Morgan fingerprint density at radius 2 is 1.24 bits per heavy atom. The molecule has 0 aliphatic heterocycles. The van der Waals surface area contributed by atoms with Crippen molar-refractivity contribution < 1.29 is 29.1 Å². The second-order valence-electron chi connectivity index (χ2n) is 10.3. The molecule has 0 saturated heterocycles. The highest BCUT2D eigenvalue weighted by Gasteiger charge is 2.32. The zero-order valence-corrected chi connectivity index (χ0v) is 23.4. The molecule has 0 aromatic heterocycles. The lowest BCUT2D eigenvalue weighted by Gasteiger charge is -2.27. The Bertz CT molecular complexity index is 857. The third-order valence-electron chi connectivity index (χ3n) is 5.83. The first kappa shape index (κ1) is 34.6. The van der Waals surface area contributed by atoms with Crippen molar-refractivity contribution in [2.24, 2.45) is 39.9 Å². The van der Waals surface area contributed by atoms with Gasteiger partial charge in [0.15, 0.2) is 5.96 Å². The molecule has 0 spiro atoms. The smallest absolute Gasteiger partial charge is 0.326 e. The number of aliphatic imine (C=N–C) groups is 1. The maximum absolute atomic E-state index is 13.2. The van der Waals surface area contributed by atoms with Gasteiger partial charge in [0.1, 0.15) is 24.2 Å². The van der Waals surface area contributed by atoms with Gasteiger partial charge in [-0.15, -0.1) is 0 Å². The first-order chi connectivity index (χ1) is 17.5. The van der Waals surface area contributed by atoms with Crippen LogP contribution in [-0.2, 0) is 24.0 Å². The molecule has 0 aromatic carbocycles. The number of carbonyl (C=O) groups is 5. The van der Waals surface area contributed by atoms with Gasteiger partial charge < -0.3 is 43.6 Å². The first-order valence-corrected chi connectivity index (χ1v) is 12.7. The number of carboxylic acid groups (broad SMARTS) is 1. The standard InChI is InChI=1S/C24H46N8O6/c1-11(2)16(25)21(35)30-15(9-8-10-28-24(26)27)20(34)31-17(12(3)4)22(36)29-14(7)19(33)32-18(13(5)6)23(37)38/h11-18H,8-10,25H2,1-7H3,(H,29,36)(H,30,35)(H,31,34)(H,32,33)(H,37,38)(H4,26,27,28). The Kier molecular flexibility index (Phi) is 14.9. The van der Waals surface area contributed by atoms with Gasteiger partial charge in [-0.3, -0.25) is 24.2 Å². The van der Waals surface area contributed by atoms with Crippen molar-refractivity contribution in [3.8, 4) is 0 Å². The van der Waals surface area contributed by atoms with E-state index in [1.807, 2.05) is 0 Å². The lowest BCUT2D eigenvalue weighted by Crippen LogP contribution is -2.59. The van der Waals surface area contributed by atoms with Crippen LogP contribution in [0.25, 0.3) is 0 Å². The number of guanidine groups is 1. The molecule has 0 radical (unpaired) electrons. The molecule has 14 heteroatoms. The van der Waals surface area contributed by atoms with Gasteiger partial charge in [0.2, 0.25) is 23.6 Å². The average molecular weight is 543 g/mol. The van der Waals surface area contributed by atoms with Gasteiger partial charge >= 0.3 is 5.97 Å². The Labute approximate surface area is 224 Å². The predicted octanol–water partition coefficient (Wildman–Crippen LogP) is -1.62. The SMILES string of the molecule is CC(NC(=O)C(NC(=O)C(CCCN=C(N)N)NC(=O)C(N)C(C)C)C(C)C)C(=O)NC(C(=O)O)C(C)C. The molecule has 0 aliphatic rings. The first-order valence-electron chi connectivity index (χ1n) is 12.7. The van der Waals surface area contributed by atoms with Crippen LogP contribution in [0, 0.1) is 17.8 Å². The van der Waals surface area contributed by atoms with Crippen molar-refractivity contribution in [1.29, 1.82) is 0 Å². The fourth-order valence-electron chi connectivity index (χ4n) is 3.29. The van der Waals surface area contributed by atoms with Crippen LogP contribution in [0.4, 0.5) is 0 Å². The molecule has 0 bridgehead atoms. The Hall–Kier alpha value is -3.42. The minimum Gasteiger partial charge on any atom is -0.480 e. The highest BCUT2D eigenvalue weighted by molar-refractivity contribution is 5.95. The number of nitrogens with two attached hydrogens (primary N) is 3. The number of nitrogens with zero attached hydrogens (tertiary/aromatic N) is 1. The van der Waals surface area contributed by atoms with E-state index in [2.05, 4.69) is 26.3 Å². The van der Waals surface area contributed by atoms with Crippen molar-refractivity contribution in [2.75, 3.05) is 6.54 Å². The zero-order valence-electron chi connectivity index (χ0n) is 23.4. The molecule has 0 fully saturated rings. The maximum Gasteiger partial charge on any atom is 0.326 e. The fraction of sp³-hybridized carbons (Fsp3) is 0.750. The largest absolute Gasteiger partial charge is 0.480 e. The van der Waals surface area contributed by atoms with Gasteiger partial charge in [-0.2, -0.15) is 0 Å². The van der Waals surface area contributed by atoms with Gasteiger partial charge in [0.25, 0.3) is 0 Å². The molecule has 218 valence electrons. The third-order valence-corrected chi connectivity index (χ3v) is 5.83. The molecule has 11 N–H and O–H groups in total. The molecule has 38 heavy (non-hydrogen) atoms. The number of hydrogen-bond donors (Lipinski definition) is 8. The summed E-state index contributed by atoms with van der Waals surface area (Å²) < 4.78 is 0. The van der Waals surface area contributed by atoms with Crippen LogP contribution < -0.4 is 38.5 Å². The van der Waals surface area contributed by atoms with E-state index < -0.39 is 59.8 Å². The number of hydrogen-bond acceptors (Lipinski definition) is 7. The van der Waals surface area contributed by atoms with Crippen LogP contribution in [0.2, 0.25) is 0 Å². The summed E-state index contributed by atoms with van der Waals surface area (Å²) in [5, 5.41) is 19.5. The molecule has 5 unspecified atom stereocenters. The topological polar surface area (TPSA) is 244 Å². The van der Waals surface area contributed by atoms with E-state index in [0.29, 0.717) is 6.42 Å². The van der Waals surface area contributed by atoms with E-state index in [4.69, 9.17) is 17.2 Å². The Morgan fingerprint density at radius 3 is 1.68 bits per heavy atom. The summed E-state index contributed by atoms with van der Waals surface area (Å²) in [7, 11) is 0. The Balaban J connectivity index is 5.52. The highest BCUT2D eigenvalue weighted by atomic mass is 16.4. The van der Waals surface area contributed by atoms with Crippen LogP contribution in [-0.4, -0.2) is 77.4 Å². The summed E-state index contributed by atoms with van der Waals surface area (Å²) in [6.07, 6.45) is 0.541. The van der Waals surface area contributed by atoms with E-state index in [9.17, 15) is 29.1 Å². The van der Waals surface area contributed by atoms with Gasteiger partial charge in [-0.05, 0) is 37.5 Å². The molecule has 0 rings (SSSR count). The van der Waals surface area contributed by atoms with Gasteiger partial charge in [0.05, 0.1) is 6.04 Å². The summed E-state index contributed by atoms with van der Waals surface area (Å²) in [6.45, 7) is 11.9. The summed E-state index contributed by atoms with van der Waals surface area (Å²) in [5.41, 5.74) is 16.6. The number of aliphatic carboxylic acids is 1. The van der Waals surface area contributed by atoms with E-state index in [0.717, 1.165) is 0 Å². The van der Waals surface area contributed by atoms with Crippen LogP contribution >= 0.6 is 0 Å². The second-order valence-corrected chi connectivity index (χ2v) is 10.3. The van der Waals surface area contributed by atoms with Gasteiger partial charge in [-0.1, -0.05) is 41.5 Å². The summed E-state index contributed by atoms with van der Waals surface area (Å²) >= 11 is 0. The number of amides is 4. The van der Waals surface area contributed by atoms with E-state index in [-0.39, 0.29) is 36.7 Å². The van der Waals surface area contributed by atoms with Crippen molar-refractivity contribution in [3.63, 3.8) is 0 Å². The minimum atomic E-state index is -1.19. The number of rotatable bonds is 16. The molecule has 0 saturated carbocycles. The Morgan fingerprint density at radius 1 is 0.711 bits per heavy atom. The fourth-order valence-corrected chi connectivity index (χ4v) is 3.29. The molecule has 14 nitrogen and oxygen atoms in total. The lowest BCUT2D eigenvalue weighted by molar-refractivity contribution is -0.143. The molecule has 0 aromatic rings. The maximum atomic E-state index is 13.2. The minimum absolute atomic E-state index is 0.102. The third kappa shape index (κ3) is 12.2. The molecular formula is C24H46N8O6. The van der Waals surface area contributed by atoms with Gasteiger partial charge in [-0.25, -0.2) is 4.79 Å². The number of nitrogens with one attached hydrogen (secondary N) is 4. The van der Waals surface area contributed by atoms with E-state index in [1.54, 1.807) is 41.5 Å². The van der Waals surface area contributed by atoms with Crippen LogP contribution in [0.1, 0.15) is 61.3 Å². The van der Waals surface area contributed by atoms with Crippen molar-refractivity contribution in [3.05, 3.63) is 0 Å². The quantitative estimate of drug-likeness (QED) is 0.0633. The normalized spacial score (nSPS) is 15.1. The second kappa shape index (κ2) is 16.4. The van der Waals surface area contributed by atoms with Crippen molar-refractivity contribution in [1.82, 2.24) is 21.3 Å². The van der Waals surface area contributed by atoms with Gasteiger partial charge in [0, 0.05) is 6.54 Å². The monoisotopic (exact) mass is 542 g/mol. The molecule has 0 aliphatic carbocycles. The molecule has 0 heterocycles. The summed E-state index contributed by atoms with van der Waals surface area (Å²) in [6, 6.07) is -5.09. The van der Waals surface area contributed by atoms with E-state index in [1.165, 1.54) is 6.92 Å². The lowest BCUT2D eigenvalue weighted by atomic mass is 10.0. The zero-order chi connectivity index (χ0) is 29.7. The highest BCUT2D eigenvalue weighted by Crippen LogP contribution is 2.08. The van der Waals surface area contributed by atoms with Crippen LogP contribution in [0.3, 0.4) is 0 Å². The number of carbonyl (C=O) groups excluding carboxylic acids is 4. The molecule has 4 amide bonds.